The van der Waals surface area contributed by atoms with Gasteiger partial charge in [0.1, 0.15) is 4.60 Å². The van der Waals surface area contributed by atoms with Gasteiger partial charge < -0.3 is 0 Å². The van der Waals surface area contributed by atoms with Crippen molar-refractivity contribution in [3.63, 3.8) is 0 Å². The van der Waals surface area contributed by atoms with Crippen molar-refractivity contribution in [1.29, 1.82) is 0 Å². The highest BCUT2D eigenvalue weighted by Gasteiger charge is 2.17. The lowest BCUT2D eigenvalue weighted by Gasteiger charge is -2.09. The second-order valence-corrected chi connectivity index (χ2v) is 6.77. The molecule has 0 aliphatic carbocycles. The smallest absolute Gasteiger partial charge is 0.262 e. The zero-order chi connectivity index (χ0) is 14.0. The van der Waals surface area contributed by atoms with E-state index < -0.39 is 10.0 Å². The maximum absolute atomic E-state index is 12.2. The van der Waals surface area contributed by atoms with Crippen molar-refractivity contribution >= 4 is 54.8 Å². The third kappa shape index (κ3) is 3.39. The molecular formula is C11H7BrCl2N2O2S. The van der Waals surface area contributed by atoms with E-state index in [-0.39, 0.29) is 9.92 Å². The summed E-state index contributed by atoms with van der Waals surface area (Å²) in [7, 11) is -3.74. The van der Waals surface area contributed by atoms with Gasteiger partial charge in [-0.15, -0.1) is 0 Å². The standard InChI is InChI=1S/C11H7BrCl2N2O2S/c12-11-10(2-1-5-15-11)16-19(17,18)7-3-4-8(13)9(14)6-7/h1-6,16H. The van der Waals surface area contributed by atoms with Crippen LogP contribution < -0.4 is 4.72 Å². The summed E-state index contributed by atoms with van der Waals surface area (Å²) in [6, 6.07) is 7.30. The summed E-state index contributed by atoms with van der Waals surface area (Å²) in [4.78, 5) is 3.96. The first kappa shape index (κ1) is 14.6. The number of hydrogen-bond acceptors (Lipinski definition) is 3. The van der Waals surface area contributed by atoms with Crippen molar-refractivity contribution in [1.82, 2.24) is 4.98 Å². The molecule has 0 radical (unpaired) electrons. The Labute approximate surface area is 128 Å². The molecule has 1 aromatic heterocycles. The van der Waals surface area contributed by atoms with Crippen LogP contribution in [0.3, 0.4) is 0 Å². The van der Waals surface area contributed by atoms with Gasteiger partial charge in [-0.1, -0.05) is 23.2 Å². The highest BCUT2D eigenvalue weighted by atomic mass is 79.9. The summed E-state index contributed by atoms with van der Waals surface area (Å²) >= 11 is 14.7. The van der Waals surface area contributed by atoms with Crippen LogP contribution in [0.5, 0.6) is 0 Å². The Bertz CT molecular complexity index is 722. The second kappa shape index (κ2) is 5.66. The SMILES string of the molecule is O=S(=O)(Nc1cccnc1Br)c1ccc(Cl)c(Cl)c1. The molecule has 0 fully saturated rings. The largest absolute Gasteiger partial charge is 0.277 e. The van der Waals surface area contributed by atoms with Gasteiger partial charge in [-0.25, -0.2) is 13.4 Å². The van der Waals surface area contributed by atoms with Crippen molar-refractivity contribution in [2.45, 2.75) is 4.90 Å². The van der Waals surface area contributed by atoms with Crippen LogP contribution in [0.25, 0.3) is 0 Å². The molecule has 0 aliphatic heterocycles. The number of rotatable bonds is 3. The van der Waals surface area contributed by atoms with Gasteiger partial charge in [-0.2, -0.15) is 0 Å². The number of halogens is 3. The van der Waals surface area contributed by atoms with E-state index in [2.05, 4.69) is 25.6 Å². The zero-order valence-corrected chi connectivity index (χ0v) is 13.2. The summed E-state index contributed by atoms with van der Waals surface area (Å²) in [5, 5.41) is 0.470. The molecule has 2 rings (SSSR count). The number of aromatic nitrogens is 1. The van der Waals surface area contributed by atoms with Crippen LogP contribution in [0.15, 0.2) is 46.0 Å². The third-order valence-electron chi connectivity index (χ3n) is 2.20. The Morgan fingerprint density at radius 3 is 2.53 bits per heavy atom. The number of hydrogen-bond donors (Lipinski definition) is 1. The minimum absolute atomic E-state index is 0.0256. The maximum Gasteiger partial charge on any atom is 0.262 e. The first-order valence-electron chi connectivity index (χ1n) is 4.98. The summed E-state index contributed by atoms with van der Waals surface area (Å²) in [5.41, 5.74) is 0.341. The third-order valence-corrected chi connectivity index (χ3v) is 4.94. The van der Waals surface area contributed by atoms with E-state index >= 15 is 0 Å². The maximum atomic E-state index is 12.2. The normalized spacial score (nSPS) is 11.3. The molecule has 1 N–H and O–H groups in total. The van der Waals surface area contributed by atoms with Crippen LogP contribution in [0.1, 0.15) is 0 Å². The van der Waals surface area contributed by atoms with Crippen molar-refractivity contribution in [3.8, 4) is 0 Å². The molecule has 1 heterocycles. The lowest BCUT2D eigenvalue weighted by molar-refractivity contribution is 0.601. The summed E-state index contributed by atoms with van der Waals surface area (Å²) in [6.07, 6.45) is 1.54. The van der Waals surface area contributed by atoms with E-state index in [1.54, 1.807) is 18.3 Å². The van der Waals surface area contributed by atoms with E-state index in [1.807, 2.05) is 0 Å². The van der Waals surface area contributed by atoms with E-state index in [0.717, 1.165) is 0 Å². The molecule has 0 aliphatic rings. The predicted octanol–water partition coefficient (Wildman–Crippen LogP) is 3.95. The first-order chi connectivity index (χ1) is 8.90. The summed E-state index contributed by atoms with van der Waals surface area (Å²) in [5.74, 6) is 0. The highest BCUT2D eigenvalue weighted by molar-refractivity contribution is 9.10. The van der Waals surface area contributed by atoms with Gasteiger partial charge >= 0.3 is 0 Å². The lowest BCUT2D eigenvalue weighted by atomic mass is 10.4. The first-order valence-corrected chi connectivity index (χ1v) is 8.02. The van der Waals surface area contributed by atoms with Crippen LogP contribution in [0.4, 0.5) is 5.69 Å². The topological polar surface area (TPSA) is 59.1 Å². The van der Waals surface area contributed by atoms with E-state index in [0.29, 0.717) is 15.3 Å². The van der Waals surface area contributed by atoms with Gasteiger partial charge in [0.25, 0.3) is 10.0 Å². The van der Waals surface area contributed by atoms with E-state index in [9.17, 15) is 8.42 Å². The van der Waals surface area contributed by atoms with Crippen molar-refractivity contribution < 1.29 is 8.42 Å². The zero-order valence-electron chi connectivity index (χ0n) is 9.27. The molecule has 8 heteroatoms. The molecule has 1 aromatic carbocycles. The molecule has 100 valence electrons. The second-order valence-electron chi connectivity index (χ2n) is 3.52. The lowest BCUT2D eigenvalue weighted by Crippen LogP contribution is -2.13. The number of anilines is 1. The number of sulfonamides is 1. The molecule has 0 saturated heterocycles. The van der Waals surface area contributed by atoms with Crippen molar-refractivity contribution in [2.24, 2.45) is 0 Å². The molecule has 2 aromatic rings. The Morgan fingerprint density at radius 2 is 1.89 bits per heavy atom. The fourth-order valence-electron chi connectivity index (χ4n) is 1.31. The quantitative estimate of drug-likeness (QED) is 0.818. The minimum atomic E-state index is -3.74. The number of benzene rings is 1. The molecule has 0 unspecified atom stereocenters. The van der Waals surface area contributed by atoms with Gasteiger partial charge in [0.2, 0.25) is 0 Å². The van der Waals surface area contributed by atoms with Gasteiger partial charge in [0, 0.05) is 6.20 Å². The molecule has 0 spiro atoms. The Hall–Kier alpha value is -0.820. The molecule has 0 bridgehead atoms. The van der Waals surface area contributed by atoms with Gasteiger partial charge in [0.05, 0.1) is 20.6 Å². The number of nitrogens with one attached hydrogen (secondary N) is 1. The number of pyridine rings is 1. The summed E-state index contributed by atoms with van der Waals surface area (Å²) in [6.45, 7) is 0. The molecule has 0 saturated carbocycles. The Balaban J connectivity index is 2.38. The molecule has 0 amide bonds. The average molecular weight is 382 g/mol. The van der Waals surface area contributed by atoms with Crippen molar-refractivity contribution in [3.05, 3.63) is 51.2 Å². The van der Waals surface area contributed by atoms with Gasteiger partial charge in [0.15, 0.2) is 0 Å². The fourth-order valence-corrected chi connectivity index (χ4v) is 3.25. The van der Waals surface area contributed by atoms with Gasteiger partial charge in [-0.05, 0) is 46.3 Å². The average Bonchev–Trinajstić information content (AvgIpc) is 2.35. The van der Waals surface area contributed by atoms with E-state index in [1.165, 1.54) is 18.2 Å². The summed E-state index contributed by atoms with van der Waals surface area (Å²) < 4.78 is 27.1. The number of nitrogens with zero attached hydrogens (tertiary/aromatic N) is 1. The monoisotopic (exact) mass is 380 g/mol. The van der Waals surface area contributed by atoms with Crippen LogP contribution in [-0.2, 0) is 10.0 Å². The van der Waals surface area contributed by atoms with Crippen LogP contribution >= 0.6 is 39.1 Å². The molecule has 19 heavy (non-hydrogen) atoms. The molecular weight excluding hydrogens is 375 g/mol. The van der Waals surface area contributed by atoms with Crippen LogP contribution in [0, 0.1) is 0 Å². The highest BCUT2D eigenvalue weighted by Crippen LogP contribution is 2.27. The van der Waals surface area contributed by atoms with E-state index in [4.69, 9.17) is 23.2 Å². The molecule has 4 nitrogen and oxygen atoms in total. The Morgan fingerprint density at radius 1 is 1.16 bits per heavy atom. The fraction of sp³-hybridized carbons (Fsp3) is 0. The molecule has 0 atom stereocenters. The minimum Gasteiger partial charge on any atom is -0.277 e. The van der Waals surface area contributed by atoms with Gasteiger partial charge in [-0.3, -0.25) is 4.72 Å². The van der Waals surface area contributed by atoms with Crippen LogP contribution in [0.2, 0.25) is 10.0 Å². The van der Waals surface area contributed by atoms with Crippen LogP contribution in [-0.4, -0.2) is 13.4 Å². The Kier molecular flexibility index (Phi) is 4.35. The van der Waals surface area contributed by atoms with Crippen molar-refractivity contribution in [2.75, 3.05) is 4.72 Å². The predicted molar refractivity (Wildman–Crippen MR) is 79.2 cm³/mol.